The topological polar surface area (TPSA) is 125 Å². The summed E-state index contributed by atoms with van der Waals surface area (Å²) in [4.78, 5) is 37.4. The summed E-state index contributed by atoms with van der Waals surface area (Å²) < 4.78 is 5.16. The molecule has 3 rings (SSSR count). The molecule has 0 aliphatic carbocycles. The summed E-state index contributed by atoms with van der Waals surface area (Å²) in [6.45, 7) is 1.87. The van der Waals surface area contributed by atoms with E-state index >= 15 is 0 Å². The number of aromatic carboxylic acids is 1. The maximum Gasteiger partial charge on any atom is 0.339 e. The van der Waals surface area contributed by atoms with Gasteiger partial charge in [0.05, 0.1) is 12.4 Å². The van der Waals surface area contributed by atoms with Gasteiger partial charge in [-0.1, -0.05) is 19.1 Å². The molecule has 0 fully saturated rings. The summed E-state index contributed by atoms with van der Waals surface area (Å²) in [7, 11) is 1.53. The molecular weight excluding hydrogens is 456 g/mol. The van der Waals surface area contributed by atoms with Gasteiger partial charge in [0.15, 0.2) is 0 Å². The van der Waals surface area contributed by atoms with Gasteiger partial charge in [-0.15, -0.1) is 11.8 Å². The molecule has 0 bridgehead atoms. The highest BCUT2D eigenvalue weighted by molar-refractivity contribution is 8.00. The van der Waals surface area contributed by atoms with Crippen molar-refractivity contribution in [2.45, 2.75) is 23.5 Å². The third kappa shape index (κ3) is 6.29. The zero-order chi connectivity index (χ0) is 24.7. The van der Waals surface area contributed by atoms with Gasteiger partial charge in [-0.05, 0) is 61.0 Å². The van der Waals surface area contributed by atoms with E-state index in [2.05, 4.69) is 10.6 Å². The minimum atomic E-state index is -1.29. The zero-order valence-electron chi connectivity index (χ0n) is 18.6. The van der Waals surface area contributed by atoms with Gasteiger partial charge in [-0.25, -0.2) is 4.79 Å². The Balaban J connectivity index is 1.68. The molecule has 0 aromatic heterocycles. The monoisotopic (exact) mass is 480 g/mol. The Kier molecular flexibility index (Phi) is 8.15. The third-order valence-corrected chi connectivity index (χ3v) is 6.22. The van der Waals surface area contributed by atoms with Crippen molar-refractivity contribution in [3.8, 4) is 11.5 Å². The van der Waals surface area contributed by atoms with Crippen LogP contribution in [0.4, 0.5) is 11.4 Å². The molecule has 1 atom stereocenters. The lowest BCUT2D eigenvalue weighted by Gasteiger charge is -2.16. The number of methoxy groups -OCH3 is 1. The van der Waals surface area contributed by atoms with E-state index < -0.39 is 11.2 Å². The third-order valence-electron chi connectivity index (χ3n) is 4.86. The van der Waals surface area contributed by atoms with Crippen LogP contribution >= 0.6 is 11.8 Å². The smallest absolute Gasteiger partial charge is 0.339 e. The van der Waals surface area contributed by atoms with E-state index in [1.807, 2.05) is 13.0 Å². The van der Waals surface area contributed by atoms with Crippen molar-refractivity contribution < 1.29 is 29.3 Å². The number of hydrogen-bond donors (Lipinski definition) is 4. The maximum atomic E-state index is 12.8. The number of ether oxygens (including phenoxy) is 1. The SMILES string of the molecule is CCC(Sc1cccc(NC(=O)c2cccc(OC)c2)c1)C(=O)Nc1ccc(O)c(C(=O)O)c1. The number of carbonyl (C=O) groups excluding carboxylic acids is 2. The lowest BCUT2D eigenvalue weighted by Crippen LogP contribution is -2.24. The second kappa shape index (κ2) is 11.2. The summed E-state index contributed by atoms with van der Waals surface area (Å²) in [6, 6.07) is 17.8. The standard InChI is InChI=1S/C25H24N2O6S/c1-3-22(24(30)27-17-10-11-21(28)20(14-17)25(31)32)34-19-9-5-7-16(13-19)26-23(29)15-6-4-8-18(12-15)33-2/h4-14,22,28H,3H2,1-2H3,(H,26,29)(H,27,30)(H,31,32). The Morgan fingerprint density at radius 3 is 2.41 bits per heavy atom. The number of phenols is 1. The van der Waals surface area contributed by atoms with Crippen LogP contribution in [0.5, 0.6) is 11.5 Å². The van der Waals surface area contributed by atoms with Crippen LogP contribution in [0.15, 0.2) is 71.6 Å². The number of carboxylic acid groups (broad SMARTS) is 1. The fourth-order valence-electron chi connectivity index (χ4n) is 3.11. The van der Waals surface area contributed by atoms with E-state index in [1.54, 1.807) is 42.5 Å². The van der Waals surface area contributed by atoms with Crippen molar-refractivity contribution in [1.82, 2.24) is 0 Å². The first kappa shape index (κ1) is 24.7. The van der Waals surface area contributed by atoms with E-state index in [4.69, 9.17) is 9.84 Å². The molecule has 0 spiro atoms. The summed E-state index contributed by atoms with van der Waals surface area (Å²) >= 11 is 1.32. The number of amides is 2. The molecule has 34 heavy (non-hydrogen) atoms. The predicted octanol–water partition coefficient (Wildman–Crippen LogP) is 4.86. The molecule has 1 unspecified atom stereocenters. The fourth-order valence-corrected chi connectivity index (χ4v) is 4.12. The Morgan fingerprint density at radius 1 is 0.971 bits per heavy atom. The number of nitrogens with one attached hydrogen (secondary N) is 2. The van der Waals surface area contributed by atoms with Gasteiger partial charge >= 0.3 is 5.97 Å². The fraction of sp³-hybridized carbons (Fsp3) is 0.160. The van der Waals surface area contributed by atoms with E-state index in [9.17, 15) is 19.5 Å². The molecule has 0 aliphatic rings. The number of aromatic hydroxyl groups is 1. The molecule has 0 heterocycles. The predicted molar refractivity (Wildman–Crippen MR) is 131 cm³/mol. The van der Waals surface area contributed by atoms with Crippen LogP contribution in [0.1, 0.15) is 34.1 Å². The Morgan fingerprint density at radius 2 is 1.71 bits per heavy atom. The first-order chi connectivity index (χ1) is 16.3. The maximum absolute atomic E-state index is 12.8. The van der Waals surface area contributed by atoms with Gasteiger partial charge in [0.2, 0.25) is 5.91 Å². The number of thioether (sulfide) groups is 1. The van der Waals surface area contributed by atoms with Gasteiger partial charge in [-0.3, -0.25) is 9.59 Å². The highest BCUT2D eigenvalue weighted by Gasteiger charge is 2.20. The van der Waals surface area contributed by atoms with Gasteiger partial charge in [-0.2, -0.15) is 0 Å². The Bertz CT molecular complexity index is 1210. The zero-order valence-corrected chi connectivity index (χ0v) is 19.4. The second-order valence-electron chi connectivity index (χ2n) is 7.25. The number of carboxylic acids is 1. The van der Waals surface area contributed by atoms with Crippen LogP contribution in [-0.2, 0) is 4.79 Å². The van der Waals surface area contributed by atoms with Crippen molar-refractivity contribution in [2.75, 3.05) is 17.7 Å². The minimum absolute atomic E-state index is 0.276. The van der Waals surface area contributed by atoms with Gasteiger partial charge < -0.3 is 25.6 Å². The van der Waals surface area contributed by atoms with E-state index in [0.717, 1.165) is 4.90 Å². The van der Waals surface area contributed by atoms with E-state index in [0.29, 0.717) is 23.4 Å². The van der Waals surface area contributed by atoms with Crippen LogP contribution in [0.3, 0.4) is 0 Å². The summed E-state index contributed by atoms with van der Waals surface area (Å²) in [5.74, 6) is -1.67. The van der Waals surface area contributed by atoms with Crippen LogP contribution in [0.25, 0.3) is 0 Å². The van der Waals surface area contributed by atoms with Gasteiger partial charge in [0.1, 0.15) is 17.1 Å². The molecule has 2 amide bonds. The van der Waals surface area contributed by atoms with Crippen molar-refractivity contribution in [2.24, 2.45) is 0 Å². The lowest BCUT2D eigenvalue weighted by atomic mass is 10.1. The average molecular weight is 481 g/mol. The van der Waals surface area contributed by atoms with E-state index in [-0.39, 0.29) is 28.8 Å². The highest BCUT2D eigenvalue weighted by Crippen LogP contribution is 2.29. The molecule has 0 saturated heterocycles. The van der Waals surface area contributed by atoms with Crippen molar-refractivity contribution >= 4 is 40.9 Å². The number of anilines is 2. The van der Waals surface area contributed by atoms with E-state index in [1.165, 1.54) is 37.1 Å². The first-order valence-corrected chi connectivity index (χ1v) is 11.3. The quantitative estimate of drug-likeness (QED) is 0.255. The molecule has 0 radical (unpaired) electrons. The van der Waals surface area contributed by atoms with Crippen molar-refractivity contribution in [3.63, 3.8) is 0 Å². The highest BCUT2D eigenvalue weighted by atomic mass is 32.2. The van der Waals surface area contributed by atoms with Crippen LogP contribution < -0.4 is 15.4 Å². The lowest BCUT2D eigenvalue weighted by molar-refractivity contribution is -0.115. The van der Waals surface area contributed by atoms with Crippen LogP contribution in [0.2, 0.25) is 0 Å². The van der Waals surface area contributed by atoms with Crippen LogP contribution in [0, 0.1) is 0 Å². The van der Waals surface area contributed by atoms with Gasteiger partial charge in [0, 0.05) is 21.8 Å². The number of carbonyl (C=O) groups is 3. The van der Waals surface area contributed by atoms with Crippen molar-refractivity contribution in [3.05, 3.63) is 77.9 Å². The summed E-state index contributed by atoms with van der Waals surface area (Å²) in [6.07, 6.45) is 0.515. The molecule has 3 aromatic rings. The minimum Gasteiger partial charge on any atom is -0.507 e. The molecule has 3 aromatic carbocycles. The van der Waals surface area contributed by atoms with Gasteiger partial charge in [0.25, 0.3) is 5.91 Å². The molecule has 0 aliphatic heterocycles. The molecular formula is C25H24N2O6S. The summed E-state index contributed by atoms with van der Waals surface area (Å²) in [5.41, 5.74) is 1.02. The Labute approximate surface area is 201 Å². The number of benzene rings is 3. The molecule has 0 saturated carbocycles. The normalized spacial score (nSPS) is 11.4. The molecule has 176 valence electrons. The van der Waals surface area contributed by atoms with Crippen LogP contribution in [-0.4, -0.2) is 40.4 Å². The molecule has 9 heteroatoms. The largest absolute Gasteiger partial charge is 0.507 e. The second-order valence-corrected chi connectivity index (χ2v) is 8.53. The van der Waals surface area contributed by atoms with Crippen molar-refractivity contribution in [1.29, 1.82) is 0 Å². The number of rotatable bonds is 9. The summed E-state index contributed by atoms with van der Waals surface area (Å²) in [5, 5.41) is 23.9. The molecule has 4 N–H and O–H groups in total. The number of hydrogen-bond acceptors (Lipinski definition) is 6. The average Bonchev–Trinajstić information content (AvgIpc) is 2.83. The first-order valence-electron chi connectivity index (χ1n) is 10.4. The molecule has 8 nitrogen and oxygen atoms in total. The Hall–Kier alpha value is -3.98.